The molecule has 4 N–H and O–H groups in total. The van der Waals surface area contributed by atoms with Gasteiger partial charge in [0.05, 0.1) is 27.4 Å². The van der Waals surface area contributed by atoms with Crippen molar-refractivity contribution < 1.29 is 9.50 Å². The van der Waals surface area contributed by atoms with Crippen LogP contribution in [0.1, 0.15) is 6.92 Å². The van der Waals surface area contributed by atoms with Crippen molar-refractivity contribution in [3.05, 3.63) is 86.7 Å². The third-order valence-corrected chi connectivity index (χ3v) is 7.47. The summed E-state index contributed by atoms with van der Waals surface area (Å²) < 4.78 is 17.9. The van der Waals surface area contributed by atoms with Gasteiger partial charge in [-0.1, -0.05) is 17.7 Å². The standard InChI is InChI=1S/C28H26ClFN6O3/c1-15-14-35(6-5-31-15)24-11-17(10-22-25(24)33-27(38)32-22)20-13-18(30)12-19(26(20)37)16-3-4-23(21(29)9-16)36-8-7-34(2)28(36)39/h3-4,7-13,15,31,37H,5-6,14H2,1-2H3,(H2,32,33,38)/t15-/m1/s1. The van der Waals surface area contributed by atoms with E-state index in [1.165, 1.54) is 21.3 Å². The van der Waals surface area contributed by atoms with Crippen LogP contribution in [0, 0.1) is 5.82 Å². The lowest BCUT2D eigenvalue weighted by Crippen LogP contribution is -2.49. The highest BCUT2D eigenvalue weighted by Crippen LogP contribution is 2.42. The summed E-state index contributed by atoms with van der Waals surface area (Å²) in [6, 6.07) is 11.3. The molecule has 1 saturated heterocycles. The second kappa shape index (κ2) is 9.48. The van der Waals surface area contributed by atoms with Crippen molar-refractivity contribution in [2.75, 3.05) is 24.5 Å². The quantitative estimate of drug-likeness (QED) is 0.271. The Bertz CT molecular complexity index is 1850. The molecule has 9 nitrogen and oxygen atoms in total. The predicted octanol–water partition coefficient (Wildman–Crippen LogP) is 3.98. The van der Waals surface area contributed by atoms with Gasteiger partial charge in [-0.3, -0.25) is 4.57 Å². The number of benzene rings is 3. The first-order valence-electron chi connectivity index (χ1n) is 12.5. The van der Waals surface area contributed by atoms with Crippen LogP contribution in [0.2, 0.25) is 5.02 Å². The minimum Gasteiger partial charge on any atom is -0.507 e. The summed E-state index contributed by atoms with van der Waals surface area (Å²) >= 11 is 6.54. The zero-order valence-electron chi connectivity index (χ0n) is 21.3. The first-order chi connectivity index (χ1) is 18.7. The minimum atomic E-state index is -0.544. The Hall–Kier alpha value is -4.28. The Kier molecular flexibility index (Phi) is 6.08. The van der Waals surface area contributed by atoms with Crippen LogP contribution in [0.15, 0.2) is 64.4 Å². The number of aryl methyl sites for hydroxylation is 1. The number of aromatic nitrogens is 4. The zero-order chi connectivity index (χ0) is 27.4. The van der Waals surface area contributed by atoms with Crippen LogP contribution in [0.4, 0.5) is 10.1 Å². The lowest BCUT2D eigenvalue weighted by molar-refractivity contribution is 0.477. The number of hydrogen-bond acceptors (Lipinski definition) is 5. The number of rotatable bonds is 4. The molecule has 1 atom stereocenters. The van der Waals surface area contributed by atoms with Crippen LogP contribution in [-0.4, -0.2) is 49.9 Å². The van der Waals surface area contributed by atoms with Gasteiger partial charge in [0.1, 0.15) is 11.6 Å². The Morgan fingerprint density at radius 2 is 1.77 bits per heavy atom. The number of piperazine rings is 1. The number of halogens is 2. The smallest absolute Gasteiger partial charge is 0.332 e. The highest BCUT2D eigenvalue weighted by Gasteiger charge is 2.22. The molecule has 3 heterocycles. The Labute approximate surface area is 227 Å². The van der Waals surface area contributed by atoms with Crippen molar-refractivity contribution in [2.45, 2.75) is 13.0 Å². The highest BCUT2D eigenvalue weighted by atomic mass is 35.5. The number of H-pyrrole nitrogens is 2. The van der Waals surface area contributed by atoms with Gasteiger partial charge >= 0.3 is 11.4 Å². The number of anilines is 1. The number of nitrogens with zero attached hydrogens (tertiary/aromatic N) is 3. The van der Waals surface area contributed by atoms with E-state index >= 15 is 4.39 Å². The molecule has 39 heavy (non-hydrogen) atoms. The van der Waals surface area contributed by atoms with Gasteiger partial charge in [0, 0.05) is 56.2 Å². The molecule has 0 saturated carbocycles. The van der Waals surface area contributed by atoms with Crippen molar-refractivity contribution in [1.29, 1.82) is 0 Å². The first kappa shape index (κ1) is 25.0. The number of phenols is 1. The van der Waals surface area contributed by atoms with E-state index in [2.05, 4.69) is 27.1 Å². The van der Waals surface area contributed by atoms with Gasteiger partial charge in [-0.05, 0) is 54.4 Å². The number of aromatic amines is 2. The predicted molar refractivity (Wildman–Crippen MR) is 151 cm³/mol. The topological polar surface area (TPSA) is 111 Å². The van der Waals surface area contributed by atoms with E-state index in [1.807, 2.05) is 6.07 Å². The molecule has 1 aliphatic rings. The fourth-order valence-electron chi connectivity index (χ4n) is 5.24. The molecule has 0 bridgehead atoms. The van der Waals surface area contributed by atoms with Crippen molar-refractivity contribution in [1.82, 2.24) is 24.4 Å². The van der Waals surface area contributed by atoms with Crippen LogP contribution in [0.5, 0.6) is 5.75 Å². The molecule has 0 radical (unpaired) electrons. The van der Waals surface area contributed by atoms with E-state index in [0.29, 0.717) is 27.8 Å². The zero-order valence-corrected chi connectivity index (χ0v) is 22.0. The summed E-state index contributed by atoms with van der Waals surface area (Å²) in [5.41, 5.74) is 3.44. The molecule has 6 rings (SSSR count). The van der Waals surface area contributed by atoms with Crippen molar-refractivity contribution in [2.24, 2.45) is 7.05 Å². The maximum atomic E-state index is 15.0. The molecule has 0 unspecified atom stereocenters. The van der Waals surface area contributed by atoms with E-state index in [9.17, 15) is 14.7 Å². The van der Waals surface area contributed by atoms with Gasteiger partial charge in [-0.15, -0.1) is 0 Å². The second-order valence-electron chi connectivity index (χ2n) is 9.88. The Morgan fingerprint density at radius 3 is 2.46 bits per heavy atom. The summed E-state index contributed by atoms with van der Waals surface area (Å²) in [7, 11) is 1.64. The van der Waals surface area contributed by atoms with Gasteiger partial charge < -0.3 is 29.9 Å². The molecule has 200 valence electrons. The third-order valence-electron chi connectivity index (χ3n) is 7.16. The molecular formula is C28H26ClFN6O3. The van der Waals surface area contributed by atoms with Crippen LogP contribution >= 0.6 is 11.6 Å². The SMILES string of the molecule is C[C@@H]1CN(c2cc(-c3cc(F)cc(-c4ccc(-n5ccn(C)c5=O)c(Cl)c4)c3O)cc3[nH]c(=O)[nH]c23)CCN1. The van der Waals surface area contributed by atoms with E-state index in [0.717, 1.165) is 25.3 Å². The van der Waals surface area contributed by atoms with Gasteiger partial charge in [0.25, 0.3) is 0 Å². The fourth-order valence-corrected chi connectivity index (χ4v) is 5.51. The van der Waals surface area contributed by atoms with Crippen LogP contribution in [-0.2, 0) is 7.05 Å². The highest BCUT2D eigenvalue weighted by molar-refractivity contribution is 6.32. The molecule has 5 aromatic rings. The number of aromatic hydroxyl groups is 1. The summed E-state index contributed by atoms with van der Waals surface area (Å²) in [6.07, 6.45) is 3.24. The van der Waals surface area contributed by atoms with Gasteiger partial charge in [0.15, 0.2) is 0 Å². The molecule has 0 aliphatic carbocycles. The summed E-state index contributed by atoms with van der Waals surface area (Å²) in [6.45, 7) is 4.32. The normalized spacial score (nSPS) is 15.8. The monoisotopic (exact) mass is 548 g/mol. The van der Waals surface area contributed by atoms with Gasteiger partial charge in [0.2, 0.25) is 0 Å². The minimum absolute atomic E-state index is 0.131. The van der Waals surface area contributed by atoms with E-state index in [-0.39, 0.29) is 39.3 Å². The summed E-state index contributed by atoms with van der Waals surface area (Å²) in [4.78, 5) is 32.4. The van der Waals surface area contributed by atoms with Crippen molar-refractivity contribution in [3.63, 3.8) is 0 Å². The van der Waals surface area contributed by atoms with Crippen molar-refractivity contribution >= 4 is 28.3 Å². The number of imidazole rings is 2. The summed E-state index contributed by atoms with van der Waals surface area (Å²) in [5, 5.41) is 15.1. The van der Waals surface area contributed by atoms with E-state index in [1.54, 1.807) is 43.7 Å². The molecule has 1 fully saturated rings. The van der Waals surface area contributed by atoms with Crippen LogP contribution in [0.25, 0.3) is 39.0 Å². The average molecular weight is 549 g/mol. The van der Waals surface area contributed by atoms with Gasteiger partial charge in [-0.25, -0.2) is 14.0 Å². The van der Waals surface area contributed by atoms with E-state index in [4.69, 9.17) is 11.6 Å². The van der Waals surface area contributed by atoms with Crippen molar-refractivity contribution in [3.8, 4) is 33.7 Å². The van der Waals surface area contributed by atoms with E-state index < -0.39 is 5.82 Å². The average Bonchev–Trinajstić information content (AvgIpc) is 3.45. The number of hydrogen-bond donors (Lipinski definition) is 4. The van der Waals surface area contributed by atoms with Gasteiger partial charge in [-0.2, -0.15) is 0 Å². The Balaban J connectivity index is 1.48. The lowest BCUT2D eigenvalue weighted by Gasteiger charge is -2.34. The maximum absolute atomic E-state index is 15.0. The number of nitrogens with one attached hydrogen (secondary N) is 3. The number of phenolic OH excluding ortho intramolecular Hbond substituents is 1. The Morgan fingerprint density at radius 1 is 1.00 bits per heavy atom. The number of fused-ring (bicyclic) bond motifs is 1. The summed E-state index contributed by atoms with van der Waals surface area (Å²) in [5.74, 6) is -0.675. The second-order valence-corrected chi connectivity index (χ2v) is 10.3. The lowest BCUT2D eigenvalue weighted by atomic mass is 9.96. The van der Waals surface area contributed by atoms with Crippen LogP contribution < -0.4 is 21.6 Å². The largest absolute Gasteiger partial charge is 0.507 e. The maximum Gasteiger partial charge on any atom is 0.332 e. The first-order valence-corrected chi connectivity index (χ1v) is 12.9. The van der Waals surface area contributed by atoms with Crippen LogP contribution in [0.3, 0.4) is 0 Å². The molecule has 11 heteroatoms. The molecule has 0 amide bonds. The molecular weight excluding hydrogens is 523 g/mol. The molecule has 3 aromatic carbocycles. The fraction of sp³-hybridized carbons (Fsp3) is 0.214. The molecule has 2 aromatic heterocycles. The molecule has 1 aliphatic heterocycles. The third kappa shape index (κ3) is 4.41. The molecule has 0 spiro atoms.